The maximum Gasteiger partial charge on any atom is 0.417 e. The van der Waals surface area contributed by atoms with E-state index >= 15 is 0 Å². The number of amides is 2. The fraction of sp³-hybridized carbons (Fsp3) is 0.788. The van der Waals surface area contributed by atoms with Gasteiger partial charge in [0.05, 0.1) is 30.3 Å². The molecule has 4 fully saturated rings. The standard InChI is InChI=1S/C33H46F3N3O5/c1-42-29-20-43-11-9-24(29)13-23-14-27-19-39(31(41)44-12-8-22-5-3-2-4-6-22)21-32(27,16-23)30(40)38-10-7-28-25(18-38)15-26(17-37-28)33(34,35)36/h15,17,22-24,27,29H,2-14,16,18-21H2,1H3/t23-,24-,27+,29-,32+/m1/s1. The van der Waals surface area contributed by atoms with E-state index in [1.165, 1.54) is 32.1 Å². The van der Waals surface area contributed by atoms with E-state index in [0.29, 0.717) is 81.3 Å². The highest BCUT2D eigenvalue weighted by atomic mass is 19.4. The SMILES string of the molecule is CO[C@@H]1COCC[C@@H]1C[C@@H]1C[C@H]2CN(C(=O)OCCC3CCCCC3)C[C@@]2(C(=O)N2CCc3ncc(C(F)(F)F)cc3C2)C1. The summed E-state index contributed by atoms with van der Waals surface area (Å²) in [4.78, 5) is 35.3. The maximum absolute atomic E-state index is 14.5. The van der Waals surface area contributed by atoms with E-state index in [1.807, 2.05) is 0 Å². The van der Waals surface area contributed by atoms with E-state index in [1.54, 1.807) is 16.9 Å². The summed E-state index contributed by atoms with van der Waals surface area (Å²) >= 11 is 0. The fourth-order valence-electron chi connectivity index (χ4n) is 8.82. The van der Waals surface area contributed by atoms with Crippen molar-refractivity contribution in [2.24, 2.45) is 29.1 Å². The molecule has 0 aromatic carbocycles. The molecule has 5 atom stereocenters. The van der Waals surface area contributed by atoms with Crippen LogP contribution in [-0.2, 0) is 38.1 Å². The second-order valence-corrected chi connectivity index (χ2v) is 13.9. The van der Waals surface area contributed by atoms with Crippen LogP contribution in [0.15, 0.2) is 12.3 Å². The van der Waals surface area contributed by atoms with Crippen LogP contribution >= 0.6 is 0 Å². The van der Waals surface area contributed by atoms with Crippen molar-refractivity contribution in [2.75, 3.05) is 46.6 Å². The highest BCUT2D eigenvalue weighted by Crippen LogP contribution is 2.55. The summed E-state index contributed by atoms with van der Waals surface area (Å²) < 4.78 is 57.4. The molecule has 0 unspecified atom stereocenters. The number of likely N-dealkylation sites (tertiary alicyclic amines) is 1. The minimum Gasteiger partial charge on any atom is -0.449 e. The summed E-state index contributed by atoms with van der Waals surface area (Å²) in [6, 6.07) is 1.13. The lowest BCUT2D eigenvalue weighted by molar-refractivity contribution is -0.144. The molecule has 2 amide bonds. The van der Waals surface area contributed by atoms with Crippen LogP contribution in [0.3, 0.4) is 0 Å². The Morgan fingerprint density at radius 2 is 1.95 bits per heavy atom. The Kier molecular flexibility index (Phi) is 9.43. The zero-order chi connectivity index (χ0) is 30.9. The van der Waals surface area contributed by atoms with Gasteiger partial charge in [0.25, 0.3) is 0 Å². The first-order valence-electron chi connectivity index (χ1n) is 16.5. The van der Waals surface area contributed by atoms with Crippen LogP contribution in [0.25, 0.3) is 0 Å². The zero-order valence-electron chi connectivity index (χ0n) is 25.8. The molecule has 0 radical (unpaired) electrons. The molecule has 0 spiro atoms. The second-order valence-electron chi connectivity index (χ2n) is 13.9. The van der Waals surface area contributed by atoms with Crippen molar-refractivity contribution >= 4 is 12.0 Å². The number of ether oxygens (including phenoxy) is 3. The number of methoxy groups -OCH3 is 1. The van der Waals surface area contributed by atoms with Crippen molar-refractivity contribution in [3.8, 4) is 0 Å². The fourth-order valence-corrected chi connectivity index (χ4v) is 8.82. The smallest absolute Gasteiger partial charge is 0.417 e. The molecule has 2 aliphatic carbocycles. The van der Waals surface area contributed by atoms with Crippen LogP contribution in [0.2, 0.25) is 0 Å². The number of hydrogen-bond acceptors (Lipinski definition) is 6. The molecule has 0 N–H and O–H groups in total. The number of halogens is 3. The van der Waals surface area contributed by atoms with Gasteiger partial charge in [0, 0.05) is 58.2 Å². The van der Waals surface area contributed by atoms with Gasteiger partial charge in [-0.3, -0.25) is 9.78 Å². The molecule has 4 heterocycles. The van der Waals surface area contributed by atoms with Gasteiger partial charge in [-0.1, -0.05) is 32.1 Å². The number of alkyl halides is 3. The number of pyridine rings is 1. The van der Waals surface area contributed by atoms with Crippen LogP contribution in [0.5, 0.6) is 0 Å². The second kappa shape index (κ2) is 13.1. The molecule has 1 aromatic heterocycles. The third kappa shape index (κ3) is 6.59. The molecule has 2 saturated heterocycles. The Morgan fingerprint density at radius 3 is 2.73 bits per heavy atom. The molecule has 244 valence electrons. The van der Waals surface area contributed by atoms with E-state index in [-0.39, 0.29) is 30.6 Å². The molecule has 1 aromatic rings. The Labute approximate surface area is 258 Å². The van der Waals surface area contributed by atoms with Gasteiger partial charge in [0.2, 0.25) is 5.91 Å². The summed E-state index contributed by atoms with van der Waals surface area (Å²) in [5.74, 6) is 1.18. The molecule has 0 bridgehead atoms. The Morgan fingerprint density at radius 1 is 1.14 bits per heavy atom. The zero-order valence-corrected chi connectivity index (χ0v) is 25.8. The molecule has 8 nitrogen and oxygen atoms in total. The van der Waals surface area contributed by atoms with E-state index in [4.69, 9.17) is 14.2 Å². The highest BCUT2D eigenvalue weighted by molar-refractivity contribution is 5.85. The molecular formula is C33H46F3N3O5. The highest BCUT2D eigenvalue weighted by Gasteiger charge is 2.60. The Bertz CT molecular complexity index is 1190. The topological polar surface area (TPSA) is 81.2 Å². The van der Waals surface area contributed by atoms with Crippen LogP contribution in [0.4, 0.5) is 18.0 Å². The first kappa shape index (κ1) is 31.6. The third-order valence-corrected chi connectivity index (χ3v) is 11.2. The lowest BCUT2D eigenvalue weighted by Gasteiger charge is -2.37. The molecule has 11 heteroatoms. The number of nitrogens with zero attached hydrogens (tertiary/aromatic N) is 3. The molecule has 5 aliphatic rings. The average Bonchev–Trinajstić information content (AvgIpc) is 3.55. The van der Waals surface area contributed by atoms with Crippen molar-refractivity contribution in [3.05, 3.63) is 29.1 Å². The first-order chi connectivity index (χ1) is 21.2. The van der Waals surface area contributed by atoms with Gasteiger partial charge in [0.1, 0.15) is 0 Å². The Hall–Kier alpha value is -2.40. The Balaban J connectivity index is 1.17. The van der Waals surface area contributed by atoms with E-state index in [0.717, 1.165) is 37.9 Å². The maximum atomic E-state index is 14.5. The van der Waals surface area contributed by atoms with Crippen LogP contribution in [0, 0.1) is 29.1 Å². The number of rotatable bonds is 7. The summed E-state index contributed by atoms with van der Waals surface area (Å²) in [7, 11) is 1.71. The summed E-state index contributed by atoms with van der Waals surface area (Å²) in [6.07, 6.45) is 6.82. The van der Waals surface area contributed by atoms with Gasteiger partial charge in [-0.25, -0.2) is 4.79 Å². The van der Waals surface area contributed by atoms with Crippen molar-refractivity contribution in [2.45, 2.75) is 89.5 Å². The molecule has 2 saturated carbocycles. The first-order valence-corrected chi connectivity index (χ1v) is 16.5. The van der Waals surface area contributed by atoms with E-state index in [9.17, 15) is 22.8 Å². The monoisotopic (exact) mass is 621 g/mol. The summed E-state index contributed by atoms with van der Waals surface area (Å²) in [5.41, 5.74) is -0.508. The summed E-state index contributed by atoms with van der Waals surface area (Å²) in [5, 5.41) is 0. The minimum atomic E-state index is -4.50. The minimum absolute atomic E-state index is 0.0206. The van der Waals surface area contributed by atoms with Gasteiger partial charge >= 0.3 is 12.3 Å². The van der Waals surface area contributed by atoms with E-state index in [2.05, 4.69) is 4.98 Å². The summed E-state index contributed by atoms with van der Waals surface area (Å²) in [6.45, 7) is 2.93. The van der Waals surface area contributed by atoms with Crippen LogP contribution < -0.4 is 0 Å². The van der Waals surface area contributed by atoms with Crippen molar-refractivity contribution in [1.29, 1.82) is 0 Å². The number of carbonyl (C=O) groups is 2. The molecule has 44 heavy (non-hydrogen) atoms. The predicted octanol–water partition coefficient (Wildman–Crippen LogP) is 5.86. The van der Waals surface area contributed by atoms with Crippen LogP contribution in [-0.4, -0.2) is 79.5 Å². The van der Waals surface area contributed by atoms with Gasteiger partial charge in [-0.05, 0) is 67.4 Å². The van der Waals surface area contributed by atoms with Gasteiger partial charge in [0.15, 0.2) is 0 Å². The third-order valence-electron chi connectivity index (χ3n) is 11.2. The largest absolute Gasteiger partial charge is 0.449 e. The van der Waals surface area contributed by atoms with Gasteiger partial charge in [-0.15, -0.1) is 0 Å². The quantitative estimate of drug-likeness (QED) is 0.380. The number of carbonyl (C=O) groups excluding carboxylic acids is 2. The molecular weight excluding hydrogens is 575 g/mol. The lowest BCUT2D eigenvalue weighted by Crippen LogP contribution is -2.49. The van der Waals surface area contributed by atoms with Gasteiger partial charge in [-0.2, -0.15) is 13.2 Å². The normalized spacial score (nSPS) is 31.1. The lowest BCUT2D eigenvalue weighted by atomic mass is 9.78. The van der Waals surface area contributed by atoms with Gasteiger partial charge < -0.3 is 24.0 Å². The predicted molar refractivity (Wildman–Crippen MR) is 155 cm³/mol. The molecule has 3 aliphatic heterocycles. The van der Waals surface area contributed by atoms with E-state index < -0.39 is 17.2 Å². The van der Waals surface area contributed by atoms with Crippen LogP contribution in [0.1, 0.15) is 81.0 Å². The van der Waals surface area contributed by atoms with Crippen molar-refractivity contribution < 1.29 is 37.0 Å². The number of hydrogen-bond donors (Lipinski definition) is 0. The van der Waals surface area contributed by atoms with Crippen molar-refractivity contribution in [1.82, 2.24) is 14.8 Å². The van der Waals surface area contributed by atoms with Crippen molar-refractivity contribution in [3.63, 3.8) is 0 Å². The number of fused-ring (bicyclic) bond motifs is 2. The number of aromatic nitrogens is 1. The average molecular weight is 622 g/mol. The molecule has 6 rings (SSSR count).